The molecule has 1 rings (SSSR count). The predicted molar refractivity (Wildman–Crippen MR) is 74.5 cm³/mol. The van der Waals surface area contributed by atoms with Gasteiger partial charge in [-0.2, -0.15) is 11.8 Å². The van der Waals surface area contributed by atoms with Gasteiger partial charge < -0.3 is 15.5 Å². The number of rotatable bonds is 7. The first-order valence-corrected chi connectivity index (χ1v) is 7.56. The molecule has 1 amide bonds. The minimum absolute atomic E-state index is 0.190. The number of amides is 1. The fraction of sp³-hybridized carbons (Fsp3) is 0.917. The van der Waals surface area contributed by atoms with Crippen LogP contribution in [-0.4, -0.2) is 62.1 Å². The minimum atomic E-state index is 0.190. The highest BCUT2D eigenvalue weighted by atomic mass is 32.2. The second-order valence-electron chi connectivity index (χ2n) is 4.79. The Morgan fingerprint density at radius 1 is 1.47 bits per heavy atom. The van der Waals surface area contributed by atoms with Crippen LogP contribution >= 0.6 is 11.8 Å². The summed E-state index contributed by atoms with van der Waals surface area (Å²) >= 11 is 1.93. The molecule has 0 saturated carbocycles. The molecule has 100 valence electrons. The lowest BCUT2D eigenvalue weighted by molar-refractivity contribution is -0.121. The molecule has 1 aliphatic rings. The van der Waals surface area contributed by atoms with Crippen LogP contribution in [0.3, 0.4) is 0 Å². The van der Waals surface area contributed by atoms with Gasteiger partial charge in [-0.05, 0) is 33.5 Å². The first-order valence-electron chi connectivity index (χ1n) is 6.41. The van der Waals surface area contributed by atoms with Crippen LogP contribution in [0.4, 0.5) is 0 Å². The van der Waals surface area contributed by atoms with Crippen molar-refractivity contribution in [2.75, 3.05) is 45.2 Å². The van der Waals surface area contributed by atoms with Gasteiger partial charge in [0.2, 0.25) is 5.91 Å². The van der Waals surface area contributed by atoms with E-state index in [0.717, 1.165) is 38.2 Å². The molecular formula is C12H25N3OS. The summed E-state index contributed by atoms with van der Waals surface area (Å²) in [5.41, 5.74) is 0. The van der Waals surface area contributed by atoms with Crippen molar-refractivity contribution in [3.63, 3.8) is 0 Å². The largest absolute Gasteiger partial charge is 0.356 e. The van der Waals surface area contributed by atoms with E-state index < -0.39 is 0 Å². The summed E-state index contributed by atoms with van der Waals surface area (Å²) in [6, 6.07) is 0.371. The lowest BCUT2D eigenvalue weighted by Crippen LogP contribution is -2.41. The Balaban J connectivity index is 1.97. The second-order valence-corrected chi connectivity index (χ2v) is 5.94. The maximum Gasteiger partial charge on any atom is 0.221 e. The molecule has 0 aromatic rings. The fourth-order valence-corrected chi connectivity index (χ4v) is 2.78. The number of thioether (sulfide) groups is 1. The number of hydrogen-bond donors (Lipinski definition) is 2. The lowest BCUT2D eigenvalue weighted by Gasteiger charge is -2.22. The van der Waals surface area contributed by atoms with E-state index in [2.05, 4.69) is 29.6 Å². The Morgan fingerprint density at radius 3 is 2.94 bits per heavy atom. The average molecular weight is 259 g/mol. The summed E-state index contributed by atoms with van der Waals surface area (Å²) in [5.74, 6) is 2.42. The molecule has 0 radical (unpaired) electrons. The van der Waals surface area contributed by atoms with Gasteiger partial charge in [0.1, 0.15) is 0 Å². The highest BCUT2D eigenvalue weighted by Gasteiger charge is 2.15. The van der Waals surface area contributed by atoms with E-state index in [-0.39, 0.29) is 5.91 Å². The molecule has 4 nitrogen and oxygen atoms in total. The highest BCUT2D eigenvalue weighted by Crippen LogP contribution is 2.09. The van der Waals surface area contributed by atoms with Crippen LogP contribution < -0.4 is 10.6 Å². The van der Waals surface area contributed by atoms with Gasteiger partial charge in [0, 0.05) is 37.1 Å². The molecule has 0 spiro atoms. The number of nitrogens with zero attached hydrogens (tertiary/aromatic N) is 1. The Morgan fingerprint density at radius 2 is 2.29 bits per heavy atom. The van der Waals surface area contributed by atoms with Crippen LogP contribution in [0.2, 0.25) is 0 Å². The molecule has 1 aliphatic heterocycles. The predicted octanol–water partition coefficient (Wildman–Crippen LogP) is 0.540. The van der Waals surface area contributed by atoms with Crippen molar-refractivity contribution in [3.8, 4) is 0 Å². The maximum absolute atomic E-state index is 11.6. The summed E-state index contributed by atoms with van der Waals surface area (Å²) < 4.78 is 0. The topological polar surface area (TPSA) is 44.4 Å². The van der Waals surface area contributed by atoms with Crippen LogP contribution in [0.1, 0.15) is 19.3 Å². The molecule has 0 aromatic carbocycles. The van der Waals surface area contributed by atoms with Gasteiger partial charge in [-0.25, -0.2) is 0 Å². The van der Waals surface area contributed by atoms with Crippen LogP contribution in [0, 0.1) is 0 Å². The quantitative estimate of drug-likeness (QED) is 0.655. The molecule has 0 aliphatic carbocycles. The Labute approximate surface area is 109 Å². The van der Waals surface area contributed by atoms with Crippen LogP contribution in [-0.2, 0) is 4.79 Å². The molecule has 2 N–H and O–H groups in total. The Bertz CT molecular complexity index is 218. The second kappa shape index (κ2) is 8.78. The van der Waals surface area contributed by atoms with Crippen molar-refractivity contribution in [3.05, 3.63) is 0 Å². The van der Waals surface area contributed by atoms with Crippen molar-refractivity contribution in [2.45, 2.75) is 25.3 Å². The van der Waals surface area contributed by atoms with Crippen molar-refractivity contribution < 1.29 is 4.79 Å². The van der Waals surface area contributed by atoms with E-state index in [1.54, 1.807) is 0 Å². The van der Waals surface area contributed by atoms with Crippen LogP contribution in [0.15, 0.2) is 0 Å². The molecule has 1 fully saturated rings. The zero-order valence-electron chi connectivity index (χ0n) is 11.0. The molecule has 0 aromatic heterocycles. The zero-order chi connectivity index (χ0) is 12.5. The summed E-state index contributed by atoms with van der Waals surface area (Å²) in [4.78, 5) is 13.8. The summed E-state index contributed by atoms with van der Waals surface area (Å²) in [6.07, 6.45) is 2.84. The standard InChI is InChI=1S/C12H25N3OS/c1-15(2)7-4-3-5-14-12(16)9-11-10-17-8-6-13-11/h11,13H,3-10H2,1-2H3,(H,14,16). The summed E-state index contributed by atoms with van der Waals surface area (Å²) in [6.45, 7) is 2.94. The highest BCUT2D eigenvalue weighted by molar-refractivity contribution is 7.99. The van der Waals surface area contributed by atoms with Gasteiger partial charge in [0.15, 0.2) is 0 Å². The number of unbranched alkanes of at least 4 members (excludes halogenated alkanes) is 1. The van der Waals surface area contributed by atoms with Crippen molar-refractivity contribution in [1.82, 2.24) is 15.5 Å². The smallest absolute Gasteiger partial charge is 0.221 e. The van der Waals surface area contributed by atoms with E-state index in [1.165, 1.54) is 5.75 Å². The molecule has 1 heterocycles. The molecule has 0 bridgehead atoms. The van der Waals surface area contributed by atoms with E-state index in [1.807, 2.05) is 11.8 Å². The number of hydrogen-bond acceptors (Lipinski definition) is 4. The third-order valence-electron chi connectivity index (χ3n) is 2.78. The van der Waals surface area contributed by atoms with E-state index in [0.29, 0.717) is 12.5 Å². The number of nitrogens with one attached hydrogen (secondary N) is 2. The fourth-order valence-electron chi connectivity index (χ4n) is 1.83. The monoisotopic (exact) mass is 259 g/mol. The molecule has 17 heavy (non-hydrogen) atoms. The van der Waals surface area contributed by atoms with Gasteiger partial charge in [-0.15, -0.1) is 0 Å². The lowest BCUT2D eigenvalue weighted by atomic mass is 10.2. The Hall–Kier alpha value is -0.260. The van der Waals surface area contributed by atoms with Crippen molar-refractivity contribution in [1.29, 1.82) is 0 Å². The SMILES string of the molecule is CN(C)CCCCNC(=O)CC1CSCCN1. The van der Waals surface area contributed by atoms with Crippen molar-refractivity contribution in [2.24, 2.45) is 0 Å². The average Bonchev–Trinajstić information content (AvgIpc) is 2.29. The first kappa shape index (κ1) is 14.8. The molecular weight excluding hydrogens is 234 g/mol. The summed E-state index contributed by atoms with van der Waals surface area (Å²) in [7, 11) is 4.15. The van der Waals surface area contributed by atoms with E-state index in [4.69, 9.17) is 0 Å². The maximum atomic E-state index is 11.6. The zero-order valence-corrected chi connectivity index (χ0v) is 11.8. The van der Waals surface area contributed by atoms with Crippen molar-refractivity contribution >= 4 is 17.7 Å². The molecule has 1 atom stereocenters. The third-order valence-corrected chi connectivity index (χ3v) is 3.92. The third kappa shape index (κ3) is 7.63. The molecule has 1 unspecified atom stereocenters. The van der Waals surface area contributed by atoms with Gasteiger partial charge in [-0.1, -0.05) is 0 Å². The van der Waals surface area contributed by atoms with Gasteiger partial charge in [-0.3, -0.25) is 4.79 Å². The van der Waals surface area contributed by atoms with Gasteiger partial charge >= 0.3 is 0 Å². The van der Waals surface area contributed by atoms with Gasteiger partial charge in [0.05, 0.1) is 0 Å². The minimum Gasteiger partial charge on any atom is -0.356 e. The van der Waals surface area contributed by atoms with Crippen LogP contribution in [0.5, 0.6) is 0 Å². The summed E-state index contributed by atoms with van der Waals surface area (Å²) in [5, 5.41) is 6.38. The van der Waals surface area contributed by atoms with Crippen LogP contribution in [0.25, 0.3) is 0 Å². The van der Waals surface area contributed by atoms with E-state index in [9.17, 15) is 4.79 Å². The number of carbonyl (C=O) groups is 1. The normalized spacial score (nSPS) is 20.5. The first-order chi connectivity index (χ1) is 8.18. The number of carbonyl (C=O) groups excluding carboxylic acids is 1. The molecule has 5 heteroatoms. The Kier molecular flexibility index (Phi) is 7.64. The van der Waals surface area contributed by atoms with Gasteiger partial charge in [0.25, 0.3) is 0 Å². The van der Waals surface area contributed by atoms with E-state index >= 15 is 0 Å². The molecule has 1 saturated heterocycles.